The number of benzene rings is 1. The molecule has 14 heavy (non-hydrogen) atoms. The van der Waals surface area contributed by atoms with Gasteiger partial charge in [-0.05, 0) is 24.1 Å². The standard InChI is InChI=1S/C9H12N2O.C2H6/c10-6-5-8-3-1-2-4-9(8)7-11-12;1-2/h1-4H,5-7,10H2;1-2H3. The van der Waals surface area contributed by atoms with Crippen molar-refractivity contribution in [3.05, 3.63) is 40.3 Å². The zero-order valence-electron chi connectivity index (χ0n) is 8.86. The summed E-state index contributed by atoms with van der Waals surface area (Å²) in [5.74, 6) is 0. The Labute approximate surface area is 85.3 Å². The highest BCUT2D eigenvalue weighted by molar-refractivity contribution is 5.27. The molecule has 3 nitrogen and oxygen atoms in total. The lowest BCUT2D eigenvalue weighted by Gasteiger charge is -2.03. The Balaban J connectivity index is 0.000000791. The molecule has 0 aliphatic rings. The molecule has 1 aromatic rings. The second-order valence-electron chi connectivity index (χ2n) is 2.59. The van der Waals surface area contributed by atoms with E-state index in [2.05, 4.69) is 5.18 Å². The van der Waals surface area contributed by atoms with Crippen LogP contribution < -0.4 is 5.73 Å². The van der Waals surface area contributed by atoms with Crippen LogP contribution in [0, 0.1) is 4.91 Å². The van der Waals surface area contributed by atoms with E-state index in [0.717, 1.165) is 17.5 Å². The third kappa shape index (κ3) is 4.14. The number of hydrogen-bond acceptors (Lipinski definition) is 3. The van der Waals surface area contributed by atoms with Gasteiger partial charge in [0.25, 0.3) is 0 Å². The summed E-state index contributed by atoms with van der Waals surface area (Å²) in [5, 5.41) is 2.86. The quantitative estimate of drug-likeness (QED) is 0.748. The highest BCUT2D eigenvalue weighted by Crippen LogP contribution is 2.09. The van der Waals surface area contributed by atoms with Crippen LogP contribution in [0.3, 0.4) is 0 Å². The first-order chi connectivity index (χ1) is 6.88. The Kier molecular flexibility index (Phi) is 7.65. The molecule has 0 unspecified atom stereocenters. The molecule has 78 valence electrons. The van der Waals surface area contributed by atoms with Gasteiger partial charge in [-0.15, -0.1) is 0 Å². The minimum atomic E-state index is 0.246. The maximum Gasteiger partial charge on any atom is 0.106 e. The molecule has 0 saturated carbocycles. The molecule has 0 radical (unpaired) electrons. The van der Waals surface area contributed by atoms with E-state index < -0.39 is 0 Å². The normalized spacial score (nSPS) is 8.79. The molecule has 3 heteroatoms. The van der Waals surface area contributed by atoms with Gasteiger partial charge < -0.3 is 5.73 Å². The lowest BCUT2D eigenvalue weighted by molar-refractivity contribution is 0.927. The topological polar surface area (TPSA) is 55.4 Å². The molecule has 0 heterocycles. The summed E-state index contributed by atoms with van der Waals surface area (Å²) < 4.78 is 0. The molecule has 1 aromatic carbocycles. The Morgan fingerprint density at radius 3 is 2.29 bits per heavy atom. The van der Waals surface area contributed by atoms with Gasteiger partial charge in [0, 0.05) is 0 Å². The minimum Gasteiger partial charge on any atom is -0.330 e. The zero-order valence-corrected chi connectivity index (χ0v) is 8.86. The van der Waals surface area contributed by atoms with Crippen LogP contribution >= 0.6 is 0 Å². The second-order valence-corrected chi connectivity index (χ2v) is 2.59. The molecule has 1 rings (SSSR count). The first-order valence-corrected chi connectivity index (χ1v) is 4.94. The van der Waals surface area contributed by atoms with Gasteiger partial charge in [0.15, 0.2) is 0 Å². The molecule has 0 saturated heterocycles. The molecule has 0 bridgehead atoms. The molecule has 0 spiro atoms. The van der Waals surface area contributed by atoms with Crippen LogP contribution in [0.1, 0.15) is 25.0 Å². The van der Waals surface area contributed by atoms with E-state index in [1.54, 1.807) is 0 Å². The zero-order chi connectivity index (χ0) is 10.8. The predicted molar refractivity (Wildman–Crippen MR) is 60.0 cm³/mol. The molecule has 0 amide bonds. The van der Waals surface area contributed by atoms with Gasteiger partial charge in [0.1, 0.15) is 6.54 Å². The van der Waals surface area contributed by atoms with Gasteiger partial charge in [-0.3, -0.25) is 0 Å². The van der Waals surface area contributed by atoms with Crippen molar-refractivity contribution in [2.75, 3.05) is 6.54 Å². The fraction of sp³-hybridized carbons (Fsp3) is 0.455. The molecular weight excluding hydrogens is 176 g/mol. The second kappa shape index (κ2) is 8.38. The number of nitrogens with two attached hydrogens (primary N) is 1. The van der Waals surface area contributed by atoms with Crippen molar-refractivity contribution in [2.24, 2.45) is 10.9 Å². The van der Waals surface area contributed by atoms with E-state index in [0.29, 0.717) is 6.54 Å². The first-order valence-electron chi connectivity index (χ1n) is 4.94. The van der Waals surface area contributed by atoms with Crippen molar-refractivity contribution in [3.8, 4) is 0 Å². The van der Waals surface area contributed by atoms with Crippen LogP contribution in [-0.4, -0.2) is 6.54 Å². The minimum absolute atomic E-state index is 0.246. The van der Waals surface area contributed by atoms with Crippen molar-refractivity contribution < 1.29 is 0 Å². The van der Waals surface area contributed by atoms with Crippen LogP contribution in [0.15, 0.2) is 29.4 Å². The molecule has 2 N–H and O–H groups in total. The molecule has 0 fully saturated rings. The molecule has 0 aliphatic carbocycles. The van der Waals surface area contributed by atoms with E-state index in [4.69, 9.17) is 5.73 Å². The van der Waals surface area contributed by atoms with Crippen molar-refractivity contribution >= 4 is 0 Å². The third-order valence-electron chi connectivity index (χ3n) is 1.77. The largest absolute Gasteiger partial charge is 0.330 e. The SMILES string of the molecule is CC.NCCc1ccccc1CN=O. The Morgan fingerprint density at radius 1 is 1.21 bits per heavy atom. The summed E-state index contributed by atoms with van der Waals surface area (Å²) in [6, 6.07) is 7.74. The lowest BCUT2D eigenvalue weighted by Crippen LogP contribution is -2.04. The Morgan fingerprint density at radius 2 is 1.79 bits per heavy atom. The maximum atomic E-state index is 10.0. The van der Waals surface area contributed by atoms with Crippen LogP contribution in [0.4, 0.5) is 0 Å². The number of nitrogens with zero attached hydrogens (tertiary/aromatic N) is 1. The number of rotatable bonds is 4. The lowest BCUT2D eigenvalue weighted by atomic mass is 10.1. The van der Waals surface area contributed by atoms with Gasteiger partial charge in [-0.25, -0.2) is 0 Å². The summed E-state index contributed by atoms with van der Waals surface area (Å²) in [6.07, 6.45) is 0.811. The number of hydrogen-bond donors (Lipinski definition) is 1. The fourth-order valence-electron chi connectivity index (χ4n) is 1.18. The monoisotopic (exact) mass is 194 g/mol. The third-order valence-corrected chi connectivity index (χ3v) is 1.77. The molecule has 0 atom stereocenters. The van der Waals surface area contributed by atoms with Crippen molar-refractivity contribution in [1.29, 1.82) is 0 Å². The summed E-state index contributed by atoms with van der Waals surface area (Å²) in [6.45, 7) is 4.85. The van der Waals surface area contributed by atoms with Gasteiger partial charge in [0.05, 0.1) is 0 Å². The van der Waals surface area contributed by atoms with Gasteiger partial charge >= 0.3 is 0 Å². The van der Waals surface area contributed by atoms with Crippen molar-refractivity contribution in [1.82, 2.24) is 0 Å². The molecule has 0 aromatic heterocycles. The molecular formula is C11H18N2O. The van der Waals surface area contributed by atoms with E-state index in [1.165, 1.54) is 0 Å². The predicted octanol–water partition coefficient (Wildman–Crippen LogP) is 2.48. The smallest absolute Gasteiger partial charge is 0.106 e. The Hall–Kier alpha value is -1.22. The number of nitroso groups, excluding NO2 is 1. The van der Waals surface area contributed by atoms with Crippen molar-refractivity contribution in [2.45, 2.75) is 26.8 Å². The average molecular weight is 194 g/mol. The average Bonchev–Trinajstić information content (AvgIpc) is 2.25. The van der Waals surface area contributed by atoms with Gasteiger partial charge in [0.2, 0.25) is 0 Å². The fourth-order valence-corrected chi connectivity index (χ4v) is 1.18. The van der Waals surface area contributed by atoms with E-state index in [-0.39, 0.29) is 6.54 Å². The summed E-state index contributed by atoms with van der Waals surface area (Å²) >= 11 is 0. The highest BCUT2D eigenvalue weighted by Gasteiger charge is 1.99. The first kappa shape index (κ1) is 12.8. The van der Waals surface area contributed by atoms with Crippen molar-refractivity contribution in [3.63, 3.8) is 0 Å². The summed E-state index contributed by atoms with van der Waals surface area (Å²) in [7, 11) is 0. The van der Waals surface area contributed by atoms with Crippen LogP contribution in [0.25, 0.3) is 0 Å². The highest BCUT2D eigenvalue weighted by atomic mass is 16.3. The van der Waals surface area contributed by atoms with Crippen LogP contribution in [0.5, 0.6) is 0 Å². The van der Waals surface area contributed by atoms with Crippen LogP contribution in [0.2, 0.25) is 0 Å². The molecule has 0 aliphatic heterocycles. The van der Waals surface area contributed by atoms with E-state index in [9.17, 15) is 4.91 Å². The van der Waals surface area contributed by atoms with E-state index >= 15 is 0 Å². The van der Waals surface area contributed by atoms with Gasteiger partial charge in [-0.2, -0.15) is 4.91 Å². The summed E-state index contributed by atoms with van der Waals surface area (Å²) in [4.78, 5) is 10.0. The van der Waals surface area contributed by atoms with E-state index in [1.807, 2.05) is 38.1 Å². The summed E-state index contributed by atoms with van der Waals surface area (Å²) in [5.41, 5.74) is 7.53. The maximum absolute atomic E-state index is 10.0. The Bertz CT molecular complexity index is 261. The van der Waals surface area contributed by atoms with Crippen LogP contribution in [-0.2, 0) is 13.0 Å². The van der Waals surface area contributed by atoms with Gasteiger partial charge in [-0.1, -0.05) is 43.3 Å².